The summed E-state index contributed by atoms with van der Waals surface area (Å²) in [6, 6.07) is 27.3. The molecule has 0 saturated carbocycles. The molecule has 1 aliphatic heterocycles. The van der Waals surface area contributed by atoms with E-state index in [1.165, 1.54) is 4.90 Å². The predicted molar refractivity (Wildman–Crippen MR) is 133 cm³/mol. The van der Waals surface area contributed by atoms with Gasteiger partial charge in [0.2, 0.25) is 11.8 Å². The maximum atomic E-state index is 13.1. The van der Waals surface area contributed by atoms with Crippen LogP contribution in [0.5, 0.6) is 0 Å². The fourth-order valence-corrected chi connectivity index (χ4v) is 4.55. The molecule has 6 rings (SSSR count). The molecular weight excluding hydrogens is 440 g/mol. The van der Waals surface area contributed by atoms with Gasteiger partial charge in [0, 0.05) is 17.5 Å². The van der Waals surface area contributed by atoms with Crippen LogP contribution in [0.2, 0.25) is 0 Å². The number of rotatable bonds is 5. The number of carbonyl (C=O) groups excluding carboxylic acids is 2. The number of hydrogen-bond acceptors (Lipinski definition) is 6. The summed E-state index contributed by atoms with van der Waals surface area (Å²) in [6.07, 6.45) is 0.632. The van der Waals surface area contributed by atoms with E-state index in [4.69, 9.17) is 4.98 Å². The van der Waals surface area contributed by atoms with E-state index in [-0.39, 0.29) is 24.9 Å². The predicted octanol–water partition coefficient (Wildman–Crippen LogP) is 3.36. The number of carbonyl (C=O) groups is 2. The molecule has 3 aromatic carbocycles. The molecule has 0 atom stereocenters. The zero-order valence-corrected chi connectivity index (χ0v) is 18.9. The highest BCUT2D eigenvalue weighted by Crippen LogP contribution is 2.30. The van der Waals surface area contributed by atoms with Gasteiger partial charge in [0.1, 0.15) is 11.5 Å². The maximum absolute atomic E-state index is 13.1. The Morgan fingerprint density at radius 3 is 2.17 bits per heavy atom. The third-order valence-corrected chi connectivity index (χ3v) is 6.30. The Morgan fingerprint density at radius 1 is 0.771 bits per heavy atom. The van der Waals surface area contributed by atoms with E-state index in [0.717, 1.165) is 22.0 Å². The van der Waals surface area contributed by atoms with Gasteiger partial charge in [-0.2, -0.15) is 4.52 Å². The van der Waals surface area contributed by atoms with Crippen molar-refractivity contribution in [2.45, 2.75) is 6.42 Å². The van der Waals surface area contributed by atoms with E-state index < -0.39 is 0 Å². The number of aromatic nitrogens is 4. The molecule has 1 aliphatic rings. The van der Waals surface area contributed by atoms with Crippen molar-refractivity contribution in [3.05, 3.63) is 90.5 Å². The van der Waals surface area contributed by atoms with Crippen LogP contribution in [-0.2, 0) is 16.0 Å². The first-order valence-corrected chi connectivity index (χ1v) is 11.5. The van der Waals surface area contributed by atoms with Gasteiger partial charge in [-0.15, -0.1) is 5.10 Å². The van der Waals surface area contributed by atoms with Crippen LogP contribution in [0.3, 0.4) is 0 Å². The molecule has 0 unspecified atom stereocenters. The highest BCUT2D eigenvalue weighted by Gasteiger charge is 2.32. The molecule has 3 heterocycles. The Bertz CT molecular complexity index is 1530. The van der Waals surface area contributed by atoms with Crippen molar-refractivity contribution in [1.82, 2.24) is 24.7 Å². The van der Waals surface area contributed by atoms with Crippen LogP contribution in [-0.4, -0.2) is 56.2 Å². The van der Waals surface area contributed by atoms with Crippen molar-refractivity contribution in [1.29, 1.82) is 0 Å². The van der Waals surface area contributed by atoms with Gasteiger partial charge in [0.05, 0.1) is 18.6 Å². The number of piperazine rings is 1. The Kier molecular flexibility index (Phi) is 5.18. The van der Waals surface area contributed by atoms with Crippen molar-refractivity contribution in [2.24, 2.45) is 0 Å². The highest BCUT2D eigenvalue weighted by atomic mass is 16.2. The SMILES string of the molecule is O=C1CN(c2nc3c(-c4ccccc4)nnn3c3ccccc23)CC(=O)N1CCc1ccccc1. The average Bonchev–Trinajstić information content (AvgIpc) is 3.33. The highest BCUT2D eigenvalue weighted by molar-refractivity contribution is 6.05. The molecule has 5 aromatic rings. The standard InChI is InChI=1S/C27H22N6O2/c34-23-17-31(18-24(35)32(23)16-15-19-9-3-1-4-10-19)26-21-13-7-8-14-22(21)33-27(28-26)25(29-30-33)20-11-5-2-6-12-20/h1-14H,15-18H2. The minimum Gasteiger partial charge on any atom is -0.337 e. The minimum atomic E-state index is -0.224. The topological polar surface area (TPSA) is 83.7 Å². The van der Waals surface area contributed by atoms with Gasteiger partial charge in [0.15, 0.2) is 5.65 Å². The smallest absolute Gasteiger partial charge is 0.248 e. The monoisotopic (exact) mass is 462 g/mol. The first-order valence-electron chi connectivity index (χ1n) is 11.5. The summed E-state index contributed by atoms with van der Waals surface area (Å²) in [5, 5.41) is 9.54. The zero-order valence-electron chi connectivity index (χ0n) is 18.9. The van der Waals surface area contributed by atoms with Crippen molar-refractivity contribution in [3.63, 3.8) is 0 Å². The lowest BCUT2D eigenvalue weighted by molar-refractivity contribution is -0.145. The van der Waals surface area contributed by atoms with Crippen LogP contribution in [0.15, 0.2) is 84.9 Å². The van der Waals surface area contributed by atoms with Crippen molar-refractivity contribution >= 4 is 34.2 Å². The summed E-state index contributed by atoms with van der Waals surface area (Å²) < 4.78 is 1.71. The van der Waals surface area contributed by atoms with E-state index >= 15 is 0 Å². The molecule has 1 saturated heterocycles. The molecule has 0 aliphatic carbocycles. The second kappa shape index (κ2) is 8.64. The molecule has 0 spiro atoms. The number of anilines is 1. The molecule has 0 radical (unpaired) electrons. The van der Waals surface area contributed by atoms with E-state index in [1.807, 2.05) is 84.9 Å². The number of para-hydroxylation sites is 1. The lowest BCUT2D eigenvalue weighted by Gasteiger charge is -2.33. The van der Waals surface area contributed by atoms with Crippen LogP contribution in [0.4, 0.5) is 5.82 Å². The van der Waals surface area contributed by atoms with Crippen molar-refractivity contribution < 1.29 is 9.59 Å². The maximum Gasteiger partial charge on any atom is 0.248 e. The molecule has 1 fully saturated rings. The first-order chi connectivity index (χ1) is 17.2. The van der Waals surface area contributed by atoms with Crippen molar-refractivity contribution in [2.75, 3.05) is 24.5 Å². The molecule has 2 aromatic heterocycles. The number of hydrogen-bond donors (Lipinski definition) is 0. The second-order valence-electron chi connectivity index (χ2n) is 8.52. The first kappa shape index (κ1) is 21.0. The fourth-order valence-electron chi connectivity index (χ4n) is 4.55. The summed E-state index contributed by atoms with van der Waals surface area (Å²) in [5.41, 5.74) is 4.03. The number of benzene rings is 3. The largest absolute Gasteiger partial charge is 0.337 e. The van der Waals surface area contributed by atoms with Gasteiger partial charge in [-0.1, -0.05) is 78.0 Å². The summed E-state index contributed by atoms with van der Waals surface area (Å²) >= 11 is 0. The molecule has 8 nitrogen and oxygen atoms in total. The molecule has 35 heavy (non-hydrogen) atoms. The number of nitrogens with zero attached hydrogens (tertiary/aromatic N) is 6. The van der Waals surface area contributed by atoms with Crippen LogP contribution < -0.4 is 4.90 Å². The third kappa shape index (κ3) is 3.78. The quantitative estimate of drug-likeness (QED) is 0.373. The Labute approximate surface area is 201 Å². The Morgan fingerprint density at radius 2 is 1.43 bits per heavy atom. The normalized spacial score (nSPS) is 14.3. The summed E-state index contributed by atoms with van der Waals surface area (Å²) in [7, 11) is 0. The molecule has 8 heteroatoms. The van der Waals surface area contributed by atoms with Gasteiger partial charge >= 0.3 is 0 Å². The second-order valence-corrected chi connectivity index (χ2v) is 8.52. The lowest BCUT2D eigenvalue weighted by atomic mass is 10.1. The van der Waals surface area contributed by atoms with Crippen LogP contribution in [0.25, 0.3) is 27.8 Å². The van der Waals surface area contributed by atoms with Gasteiger partial charge < -0.3 is 4.90 Å². The van der Waals surface area contributed by atoms with Gasteiger partial charge in [0.25, 0.3) is 0 Å². The molecule has 172 valence electrons. The number of imide groups is 1. The Hall–Kier alpha value is -4.59. The summed E-state index contributed by atoms with van der Waals surface area (Å²) in [4.78, 5) is 34.1. The van der Waals surface area contributed by atoms with Crippen molar-refractivity contribution in [3.8, 4) is 11.3 Å². The summed E-state index contributed by atoms with van der Waals surface area (Å²) in [5.74, 6) is 0.132. The molecule has 2 amide bonds. The van der Waals surface area contributed by atoms with Gasteiger partial charge in [-0.25, -0.2) is 4.98 Å². The summed E-state index contributed by atoms with van der Waals surface area (Å²) in [6.45, 7) is 0.527. The third-order valence-electron chi connectivity index (χ3n) is 6.30. The number of fused-ring (bicyclic) bond motifs is 3. The van der Waals surface area contributed by atoms with Gasteiger partial charge in [-0.3, -0.25) is 14.5 Å². The Balaban J connectivity index is 1.36. The average molecular weight is 463 g/mol. The lowest BCUT2D eigenvalue weighted by Crippen LogP contribution is -2.54. The number of amides is 2. The minimum absolute atomic E-state index is 0.0793. The van der Waals surface area contributed by atoms with Crippen LogP contribution >= 0.6 is 0 Å². The van der Waals surface area contributed by atoms with Crippen LogP contribution in [0, 0.1) is 0 Å². The molecule has 0 bridgehead atoms. The van der Waals surface area contributed by atoms with Gasteiger partial charge in [-0.05, 0) is 24.1 Å². The van der Waals surface area contributed by atoms with E-state index in [0.29, 0.717) is 30.1 Å². The fraction of sp³-hybridized carbons (Fsp3) is 0.148. The molecule has 0 N–H and O–H groups in total. The van der Waals surface area contributed by atoms with E-state index in [2.05, 4.69) is 10.3 Å². The van der Waals surface area contributed by atoms with E-state index in [9.17, 15) is 9.59 Å². The zero-order chi connectivity index (χ0) is 23.8. The van der Waals surface area contributed by atoms with E-state index in [1.54, 1.807) is 9.42 Å². The van der Waals surface area contributed by atoms with Crippen LogP contribution in [0.1, 0.15) is 5.56 Å². The molecular formula is C27H22N6O2.